The van der Waals surface area contributed by atoms with Gasteiger partial charge in [-0.1, -0.05) is 96.8 Å². The van der Waals surface area contributed by atoms with Gasteiger partial charge >= 0.3 is 136 Å². The fourth-order valence-electron chi connectivity index (χ4n) is 4.05. The third-order valence-corrected chi connectivity index (χ3v) is 11.9. The van der Waals surface area contributed by atoms with E-state index in [1.54, 1.807) is 7.11 Å². The zero-order chi connectivity index (χ0) is 27.0. The second-order valence-corrected chi connectivity index (χ2v) is 24.5. The molecule has 0 aliphatic carbocycles. The molecule has 0 aliphatic heterocycles. The molecule has 0 saturated carbocycles. The number of thioether (sulfide) groups is 1. The number of methoxy groups -OCH3 is 1. The molecule has 0 fully saturated rings. The normalized spacial score (nSPS) is 14.7. The topological polar surface area (TPSA) is 65.0 Å². The van der Waals surface area contributed by atoms with Crippen LogP contribution in [0.25, 0.3) is 0 Å². The summed E-state index contributed by atoms with van der Waals surface area (Å²) in [5.41, 5.74) is 6.74. The Morgan fingerprint density at radius 3 is 1.67 bits per heavy atom. The molecule has 0 saturated heterocycles. The summed E-state index contributed by atoms with van der Waals surface area (Å²) < 4.78 is 27.8. The number of phosphoric ester groups is 1. The van der Waals surface area contributed by atoms with Gasteiger partial charge in [0.2, 0.25) is 0 Å². The predicted molar refractivity (Wildman–Crippen MR) is 162 cm³/mol. The van der Waals surface area contributed by atoms with E-state index in [-0.39, 0.29) is 12.5 Å². The molecule has 2 unspecified atom stereocenters. The Hall–Kier alpha value is 0.978. The van der Waals surface area contributed by atoms with Crippen molar-refractivity contribution in [2.75, 3.05) is 38.4 Å². The molecule has 0 heterocycles. The molecule has 0 rings (SSSR count). The fourth-order valence-corrected chi connectivity index (χ4v) is 7.60. The van der Waals surface area contributed by atoms with Gasteiger partial charge in [0.15, 0.2) is 0 Å². The molecule has 8 heteroatoms. The van der Waals surface area contributed by atoms with Crippen LogP contribution >= 0.6 is 19.6 Å². The fraction of sp³-hybridized carbons (Fsp3) is 1.00. The minimum absolute atomic E-state index is 0.101. The van der Waals surface area contributed by atoms with Crippen molar-refractivity contribution in [1.82, 2.24) is 0 Å². The number of phosphoric acid groups is 1. The molecule has 0 spiro atoms. The molecule has 0 aromatic heterocycles. The molecule has 218 valence electrons. The van der Waals surface area contributed by atoms with Gasteiger partial charge in [0, 0.05) is 0 Å². The molecule has 0 aliphatic rings. The van der Waals surface area contributed by atoms with Crippen LogP contribution in [0.15, 0.2) is 0 Å². The Bertz CT molecular complexity index is 519. The van der Waals surface area contributed by atoms with Crippen LogP contribution < -0.4 is 0 Å². The summed E-state index contributed by atoms with van der Waals surface area (Å²) in [7, 11) is -2.31. The van der Waals surface area contributed by atoms with Gasteiger partial charge in [0.25, 0.3) is 0 Å². The van der Waals surface area contributed by atoms with Crippen molar-refractivity contribution < 1.29 is 23.2 Å². The van der Waals surface area contributed by atoms with Crippen molar-refractivity contribution in [2.24, 2.45) is 5.92 Å². The van der Waals surface area contributed by atoms with Crippen molar-refractivity contribution in [3.05, 3.63) is 0 Å². The quantitative estimate of drug-likeness (QED) is 0.0537. The van der Waals surface area contributed by atoms with Crippen LogP contribution in [0.2, 0.25) is 22.3 Å². The average Bonchev–Trinajstić information content (AvgIpc) is 2.80. The predicted octanol–water partition coefficient (Wildman–Crippen LogP) is 9.72. The summed E-state index contributed by atoms with van der Waals surface area (Å²) in [5.74, 6) is 2.11. The van der Waals surface area contributed by atoms with Crippen LogP contribution in [0.1, 0.15) is 110 Å². The van der Waals surface area contributed by atoms with E-state index in [1.807, 2.05) is 11.8 Å². The first-order chi connectivity index (χ1) is 17.2. The maximum absolute atomic E-state index is 12.1. The Morgan fingerprint density at radius 1 is 0.750 bits per heavy atom. The van der Waals surface area contributed by atoms with E-state index in [4.69, 9.17) is 13.8 Å². The second kappa shape index (κ2) is 25.0. The zero-order valence-electron chi connectivity index (χ0n) is 24.5. The number of ether oxygens (including phenoxy) is 1. The van der Waals surface area contributed by atoms with E-state index in [1.165, 1.54) is 103 Å². The molecule has 0 aromatic rings. The van der Waals surface area contributed by atoms with Crippen molar-refractivity contribution >= 4 is 33.1 Å². The Kier molecular flexibility index (Phi) is 25.7. The molecule has 5 nitrogen and oxygen atoms in total. The van der Waals surface area contributed by atoms with Gasteiger partial charge in [-0.15, -0.1) is 0 Å². The number of rotatable bonds is 28. The van der Waals surface area contributed by atoms with E-state index in [2.05, 4.69) is 24.1 Å². The van der Waals surface area contributed by atoms with Crippen LogP contribution in [-0.2, 0) is 18.3 Å². The van der Waals surface area contributed by atoms with Crippen LogP contribution in [0, 0.1) is 5.92 Å². The summed E-state index contributed by atoms with van der Waals surface area (Å²) in [4.78, 5) is 9.94. The van der Waals surface area contributed by atoms with Crippen LogP contribution in [0.5, 0.6) is 0 Å². The number of hydrogen-bond donors (Lipinski definition) is 1. The molecule has 1 N–H and O–H groups in total. The Balaban J connectivity index is 3.59. The average molecular weight is 616 g/mol. The standard InChI is InChI=1S/C28H60AsO5PS/c1-6-7-8-9-10-11-12-13-14-15-16-17-18-19-20-21-24-36-27-28(25-32-5)26-34-35(30,31)33-23-22-29(2,3)4/h28H,6-27H2,1-5H3/p+1. The van der Waals surface area contributed by atoms with Crippen molar-refractivity contribution in [1.29, 1.82) is 0 Å². The van der Waals surface area contributed by atoms with Gasteiger partial charge in [-0.25, -0.2) is 0 Å². The van der Waals surface area contributed by atoms with Crippen molar-refractivity contribution in [3.8, 4) is 0 Å². The van der Waals surface area contributed by atoms with Crippen molar-refractivity contribution in [2.45, 2.75) is 132 Å². The Labute approximate surface area is 232 Å². The molecule has 2 atom stereocenters. The molecule has 36 heavy (non-hydrogen) atoms. The van der Waals surface area contributed by atoms with E-state index in [0.717, 1.165) is 16.7 Å². The summed E-state index contributed by atoms with van der Waals surface area (Å²) in [5, 5.41) is 0.878. The Morgan fingerprint density at radius 2 is 1.22 bits per heavy atom. The molecule has 0 radical (unpaired) electrons. The minimum atomic E-state index is -3.97. The first kappa shape index (κ1) is 37.0. The molecule has 0 bridgehead atoms. The summed E-state index contributed by atoms with van der Waals surface area (Å²) in [6, 6.07) is 0. The SMILES string of the molecule is CCCCCCCCCCCCCCCCCCSCC(COC)COP(=O)(O)OCC[As+](C)(C)C. The second-order valence-electron chi connectivity index (χ2n) is 11.3. The summed E-state index contributed by atoms with van der Waals surface area (Å²) in [6.45, 7) is 3.31. The zero-order valence-corrected chi connectivity index (χ0v) is 28.1. The first-order valence-corrected chi connectivity index (χ1v) is 24.3. The summed E-state index contributed by atoms with van der Waals surface area (Å²) in [6.07, 6.45) is 22.3. The van der Waals surface area contributed by atoms with Gasteiger partial charge in [-0.05, 0) is 0 Å². The van der Waals surface area contributed by atoms with Crippen LogP contribution in [0.3, 0.4) is 0 Å². The number of unbranched alkanes of at least 4 members (excludes halogenated alkanes) is 15. The molecule has 0 amide bonds. The van der Waals surface area contributed by atoms with Gasteiger partial charge in [-0.3, -0.25) is 0 Å². The first-order valence-electron chi connectivity index (χ1n) is 14.7. The van der Waals surface area contributed by atoms with Gasteiger partial charge in [0.1, 0.15) is 0 Å². The molecular weight excluding hydrogens is 554 g/mol. The summed E-state index contributed by atoms with van der Waals surface area (Å²) >= 11 is 0.270. The van der Waals surface area contributed by atoms with Crippen LogP contribution in [-0.4, -0.2) is 56.9 Å². The van der Waals surface area contributed by atoms with E-state index >= 15 is 0 Å². The van der Waals surface area contributed by atoms with E-state index in [9.17, 15) is 9.46 Å². The maximum atomic E-state index is 12.1. The number of hydrogen-bond acceptors (Lipinski definition) is 5. The van der Waals surface area contributed by atoms with Gasteiger partial charge in [0.05, 0.1) is 0 Å². The van der Waals surface area contributed by atoms with Crippen molar-refractivity contribution in [3.63, 3.8) is 0 Å². The molecule has 0 aromatic carbocycles. The monoisotopic (exact) mass is 615 g/mol. The third-order valence-electron chi connectivity index (χ3n) is 6.39. The third kappa shape index (κ3) is 28.0. The van der Waals surface area contributed by atoms with E-state index < -0.39 is 21.4 Å². The molecular formula is C28H61AsO5PS+. The van der Waals surface area contributed by atoms with Crippen LogP contribution in [0.4, 0.5) is 0 Å². The van der Waals surface area contributed by atoms with E-state index in [0.29, 0.717) is 13.2 Å². The van der Waals surface area contributed by atoms with Gasteiger partial charge < -0.3 is 0 Å². The van der Waals surface area contributed by atoms with Gasteiger partial charge in [-0.2, -0.15) is 0 Å².